The van der Waals surface area contributed by atoms with Gasteiger partial charge in [0.1, 0.15) is 0 Å². The Morgan fingerprint density at radius 1 is 1.47 bits per heavy atom. The number of rotatable bonds is 3. The number of benzene rings is 1. The zero-order valence-electron chi connectivity index (χ0n) is 10.5. The molecule has 1 aliphatic rings. The summed E-state index contributed by atoms with van der Waals surface area (Å²) in [5.41, 5.74) is 0.909. The van der Waals surface area contributed by atoms with Gasteiger partial charge in [-0.15, -0.1) is 0 Å². The smallest absolute Gasteiger partial charge is 0.247 e. The van der Waals surface area contributed by atoms with Gasteiger partial charge in [0.2, 0.25) is 5.91 Å². The Bertz CT molecular complexity index is 458. The van der Waals surface area contributed by atoms with Gasteiger partial charge in [-0.05, 0) is 23.8 Å². The van der Waals surface area contributed by atoms with Gasteiger partial charge in [0, 0.05) is 17.6 Å². The van der Waals surface area contributed by atoms with Gasteiger partial charge in [-0.2, -0.15) is 0 Å². The Morgan fingerprint density at radius 2 is 2.21 bits per heavy atom. The summed E-state index contributed by atoms with van der Waals surface area (Å²) in [6.07, 6.45) is 3.25. The molecule has 0 spiro atoms. The Morgan fingerprint density at radius 3 is 2.89 bits per heavy atom. The van der Waals surface area contributed by atoms with Crippen LogP contribution in [0.15, 0.2) is 30.3 Å². The first-order valence-electron chi connectivity index (χ1n) is 6.13. The molecule has 0 radical (unpaired) electrons. The fraction of sp³-hybridized carbons (Fsp3) is 0.357. The summed E-state index contributed by atoms with van der Waals surface area (Å²) in [7, 11) is 0. The number of nitrogens with zero attached hydrogens (tertiary/aromatic N) is 1. The predicted octanol–water partition coefficient (Wildman–Crippen LogP) is 1.57. The largest absolute Gasteiger partial charge is 0.394 e. The molecule has 1 atom stereocenters. The highest BCUT2D eigenvalue weighted by atomic mass is 35.5. The summed E-state index contributed by atoms with van der Waals surface area (Å²) in [6, 6.07) is 6.98. The molecule has 0 aromatic heterocycles. The standard InChI is InChI=1S/C14H16ClNO3/c15-12-4-1-11(2-5-12)3-6-14(18)16-7-8-19-10-13(16)9-17/h1-6,13,17H,7-10H2/b6-3+. The van der Waals surface area contributed by atoms with Gasteiger partial charge < -0.3 is 14.7 Å². The van der Waals surface area contributed by atoms with Crippen molar-refractivity contribution in [3.05, 3.63) is 40.9 Å². The van der Waals surface area contributed by atoms with E-state index in [-0.39, 0.29) is 18.6 Å². The summed E-state index contributed by atoms with van der Waals surface area (Å²) in [6.45, 7) is 1.32. The molecule has 2 rings (SSSR count). The average Bonchev–Trinajstić information content (AvgIpc) is 2.46. The lowest BCUT2D eigenvalue weighted by Crippen LogP contribution is -2.49. The van der Waals surface area contributed by atoms with Crippen LogP contribution in [0.1, 0.15) is 5.56 Å². The lowest BCUT2D eigenvalue weighted by Gasteiger charge is -2.33. The van der Waals surface area contributed by atoms with Crippen LogP contribution in [0.25, 0.3) is 6.08 Å². The molecule has 1 aliphatic heterocycles. The highest BCUT2D eigenvalue weighted by Crippen LogP contribution is 2.12. The van der Waals surface area contributed by atoms with Crippen molar-refractivity contribution in [1.29, 1.82) is 0 Å². The van der Waals surface area contributed by atoms with E-state index in [1.807, 2.05) is 12.1 Å². The molecule has 1 saturated heterocycles. The van der Waals surface area contributed by atoms with Gasteiger partial charge in [0.25, 0.3) is 0 Å². The van der Waals surface area contributed by atoms with Gasteiger partial charge in [0.15, 0.2) is 0 Å². The molecular formula is C14H16ClNO3. The molecule has 5 heteroatoms. The normalized spacial score (nSPS) is 19.9. The van der Waals surface area contributed by atoms with Gasteiger partial charge in [-0.3, -0.25) is 4.79 Å². The second kappa shape index (κ2) is 6.70. The number of hydrogen-bond acceptors (Lipinski definition) is 3. The monoisotopic (exact) mass is 281 g/mol. The van der Waals surface area contributed by atoms with E-state index in [2.05, 4.69) is 0 Å². The summed E-state index contributed by atoms with van der Waals surface area (Å²) in [4.78, 5) is 13.7. The maximum atomic E-state index is 12.1. The van der Waals surface area contributed by atoms with Crippen molar-refractivity contribution >= 4 is 23.6 Å². The molecule has 0 bridgehead atoms. The first-order chi connectivity index (χ1) is 9.20. The summed E-state index contributed by atoms with van der Waals surface area (Å²) >= 11 is 5.79. The van der Waals surface area contributed by atoms with Crippen LogP contribution >= 0.6 is 11.6 Å². The number of ether oxygens (including phenoxy) is 1. The minimum atomic E-state index is -0.254. The molecule has 1 heterocycles. The van der Waals surface area contributed by atoms with Crippen molar-refractivity contribution in [2.75, 3.05) is 26.4 Å². The third-order valence-electron chi connectivity index (χ3n) is 3.01. The fourth-order valence-corrected chi connectivity index (χ4v) is 2.06. The number of carbonyl (C=O) groups excluding carboxylic acids is 1. The summed E-state index contributed by atoms with van der Waals surface area (Å²) in [5, 5.41) is 9.88. The van der Waals surface area contributed by atoms with Crippen molar-refractivity contribution in [2.45, 2.75) is 6.04 Å². The highest BCUT2D eigenvalue weighted by molar-refractivity contribution is 6.30. The Hall–Kier alpha value is -1.36. The molecule has 1 amide bonds. The highest BCUT2D eigenvalue weighted by Gasteiger charge is 2.24. The second-order valence-electron chi connectivity index (χ2n) is 4.33. The van der Waals surface area contributed by atoms with Crippen molar-refractivity contribution in [3.8, 4) is 0 Å². The van der Waals surface area contributed by atoms with E-state index in [0.717, 1.165) is 5.56 Å². The van der Waals surface area contributed by atoms with Crippen molar-refractivity contribution < 1.29 is 14.6 Å². The number of morpholine rings is 1. The third kappa shape index (κ3) is 3.80. The Kier molecular flexibility index (Phi) is 4.96. The van der Waals surface area contributed by atoms with Crippen molar-refractivity contribution in [1.82, 2.24) is 4.90 Å². The Balaban J connectivity index is 2.01. The van der Waals surface area contributed by atoms with Crippen molar-refractivity contribution in [2.24, 2.45) is 0 Å². The van der Waals surface area contributed by atoms with E-state index in [9.17, 15) is 9.90 Å². The van der Waals surface area contributed by atoms with Gasteiger partial charge in [-0.25, -0.2) is 0 Å². The number of hydrogen-bond donors (Lipinski definition) is 1. The van der Waals surface area contributed by atoms with Gasteiger partial charge in [-0.1, -0.05) is 23.7 Å². The van der Waals surface area contributed by atoms with Crippen LogP contribution in [0.3, 0.4) is 0 Å². The SMILES string of the molecule is O=C(/C=C/c1ccc(Cl)cc1)N1CCOCC1CO. The van der Waals surface area contributed by atoms with Crippen LogP contribution in [-0.2, 0) is 9.53 Å². The minimum absolute atomic E-state index is 0.0828. The number of amides is 1. The maximum Gasteiger partial charge on any atom is 0.247 e. The predicted molar refractivity (Wildman–Crippen MR) is 73.9 cm³/mol. The zero-order chi connectivity index (χ0) is 13.7. The average molecular weight is 282 g/mol. The molecule has 1 N–H and O–H groups in total. The molecule has 1 aromatic carbocycles. The first-order valence-corrected chi connectivity index (χ1v) is 6.51. The van der Waals surface area contributed by atoms with E-state index in [4.69, 9.17) is 16.3 Å². The molecule has 0 aliphatic carbocycles. The van der Waals surface area contributed by atoms with E-state index >= 15 is 0 Å². The summed E-state index contributed by atoms with van der Waals surface area (Å²) in [5.74, 6) is -0.114. The van der Waals surface area contributed by atoms with Crippen LogP contribution in [-0.4, -0.2) is 48.3 Å². The van der Waals surface area contributed by atoms with E-state index in [1.165, 1.54) is 6.08 Å². The number of aliphatic hydroxyl groups excluding tert-OH is 1. The molecule has 19 heavy (non-hydrogen) atoms. The van der Waals surface area contributed by atoms with E-state index < -0.39 is 0 Å². The minimum Gasteiger partial charge on any atom is -0.394 e. The van der Waals surface area contributed by atoms with Gasteiger partial charge in [0.05, 0.1) is 25.9 Å². The quantitative estimate of drug-likeness (QED) is 0.856. The number of halogens is 1. The molecule has 1 aromatic rings. The van der Waals surface area contributed by atoms with Crippen LogP contribution in [0.2, 0.25) is 5.02 Å². The van der Waals surface area contributed by atoms with Crippen LogP contribution < -0.4 is 0 Å². The number of aliphatic hydroxyl groups is 1. The van der Waals surface area contributed by atoms with Crippen LogP contribution in [0.5, 0.6) is 0 Å². The Labute approximate surface area is 117 Å². The lowest BCUT2D eigenvalue weighted by atomic mass is 10.2. The van der Waals surface area contributed by atoms with Crippen molar-refractivity contribution in [3.63, 3.8) is 0 Å². The molecular weight excluding hydrogens is 266 g/mol. The molecule has 0 saturated carbocycles. The van der Waals surface area contributed by atoms with Crippen LogP contribution in [0, 0.1) is 0 Å². The second-order valence-corrected chi connectivity index (χ2v) is 4.76. The zero-order valence-corrected chi connectivity index (χ0v) is 11.2. The lowest BCUT2D eigenvalue weighted by molar-refractivity contribution is -0.136. The molecule has 1 unspecified atom stereocenters. The topological polar surface area (TPSA) is 49.8 Å². The molecule has 4 nitrogen and oxygen atoms in total. The van der Waals surface area contributed by atoms with E-state index in [0.29, 0.717) is 24.8 Å². The molecule has 1 fully saturated rings. The first kappa shape index (κ1) is 14.1. The van der Waals surface area contributed by atoms with Gasteiger partial charge >= 0.3 is 0 Å². The fourth-order valence-electron chi connectivity index (χ4n) is 1.93. The number of carbonyl (C=O) groups is 1. The summed E-state index contributed by atoms with van der Waals surface area (Å²) < 4.78 is 5.24. The van der Waals surface area contributed by atoms with Crippen LogP contribution in [0.4, 0.5) is 0 Å². The van der Waals surface area contributed by atoms with E-state index in [1.54, 1.807) is 23.1 Å². The maximum absolute atomic E-state index is 12.1. The third-order valence-corrected chi connectivity index (χ3v) is 3.26. The molecule has 102 valence electrons.